The summed E-state index contributed by atoms with van der Waals surface area (Å²) in [5.74, 6) is -1.57. The van der Waals surface area contributed by atoms with Crippen LogP contribution in [0.5, 0.6) is 0 Å². The lowest BCUT2D eigenvalue weighted by Gasteiger charge is -2.34. The van der Waals surface area contributed by atoms with E-state index < -0.39 is 58.4 Å². The molecule has 12 heteroatoms. The average molecular weight is 471 g/mol. The number of hydrogen-bond donors (Lipinski definition) is 0. The second-order valence-corrected chi connectivity index (χ2v) is 7.10. The van der Waals surface area contributed by atoms with Crippen LogP contribution in [0.1, 0.15) is 11.1 Å². The molecule has 2 aromatic rings. The van der Waals surface area contributed by atoms with Gasteiger partial charge in [-0.1, -0.05) is 23.2 Å². The molecule has 2 aromatic carbocycles. The summed E-state index contributed by atoms with van der Waals surface area (Å²) < 4.78 is 78.3. The first-order chi connectivity index (χ1) is 13.8. The number of amides is 2. The maximum atomic E-state index is 13.1. The standard InChI is InChI=1S/C18H10Cl2F6N2O2/c19-13-3-1-9(5-11(13)17(21,22)23)27-7-16(30)28(8-15(27)29)10-2-4-14(20)12(6-10)18(24,25)26/h1-6H,7-8H2. The van der Waals surface area contributed by atoms with E-state index in [0.717, 1.165) is 34.1 Å². The lowest BCUT2D eigenvalue weighted by atomic mass is 10.1. The van der Waals surface area contributed by atoms with Crippen molar-refractivity contribution in [2.24, 2.45) is 0 Å². The van der Waals surface area contributed by atoms with Gasteiger partial charge in [-0.2, -0.15) is 26.3 Å². The monoisotopic (exact) mass is 470 g/mol. The van der Waals surface area contributed by atoms with Gasteiger partial charge in [0, 0.05) is 11.4 Å². The Labute approximate surface area is 175 Å². The number of hydrogen-bond acceptors (Lipinski definition) is 2. The summed E-state index contributed by atoms with van der Waals surface area (Å²) in [7, 11) is 0. The van der Waals surface area contributed by atoms with E-state index in [2.05, 4.69) is 0 Å². The quantitative estimate of drug-likeness (QED) is 0.550. The zero-order valence-corrected chi connectivity index (χ0v) is 16.1. The van der Waals surface area contributed by atoms with Gasteiger partial charge in [-0.3, -0.25) is 9.59 Å². The van der Waals surface area contributed by atoms with Gasteiger partial charge in [0.25, 0.3) is 0 Å². The number of carbonyl (C=O) groups excluding carboxylic acids is 2. The highest BCUT2D eigenvalue weighted by Gasteiger charge is 2.38. The molecule has 0 spiro atoms. The largest absolute Gasteiger partial charge is 0.417 e. The number of benzene rings is 2. The zero-order chi connectivity index (χ0) is 22.4. The Morgan fingerprint density at radius 1 is 0.667 bits per heavy atom. The highest BCUT2D eigenvalue weighted by molar-refractivity contribution is 6.32. The summed E-state index contributed by atoms with van der Waals surface area (Å²) in [6.45, 7) is -1.33. The molecule has 0 unspecified atom stereocenters. The van der Waals surface area contributed by atoms with E-state index >= 15 is 0 Å². The van der Waals surface area contributed by atoms with Crippen LogP contribution in [0.15, 0.2) is 36.4 Å². The van der Waals surface area contributed by atoms with E-state index in [0.29, 0.717) is 12.1 Å². The van der Waals surface area contributed by atoms with Gasteiger partial charge in [-0.05, 0) is 36.4 Å². The van der Waals surface area contributed by atoms with Crippen LogP contribution in [0.3, 0.4) is 0 Å². The molecular formula is C18H10Cl2F6N2O2. The SMILES string of the molecule is O=C1CN(c2ccc(Cl)c(C(F)(F)F)c2)C(=O)CN1c1ccc(Cl)c(C(F)(F)F)c1. The highest BCUT2D eigenvalue weighted by Crippen LogP contribution is 2.39. The van der Waals surface area contributed by atoms with Crippen LogP contribution < -0.4 is 9.80 Å². The molecule has 0 aromatic heterocycles. The Hall–Kier alpha value is -2.46. The Balaban J connectivity index is 1.91. The van der Waals surface area contributed by atoms with Crippen molar-refractivity contribution in [2.45, 2.75) is 12.4 Å². The first-order valence-electron chi connectivity index (χ1n) is 8.13. The predicted octanol–water partition coefficient (Wildman–Crippen LogP) is 5.41. The van der Waals surface area contributed by atoms with Gasteiger partial charge in [0.1, 0.15) is 13.1 Å². The van der Waals surface area contributed by atoms with E-state index in [1.54, 1.807) is 0 Å². The van der Waals surface area contributed by atoms with Crippen LogP contribution in [0.2, 0.25) is 10.0 Å². The normalized spacial score (nSPS) is 15.7. The van der Waals surface area contributed by atoms with Crippen molar-refractivity contribution in [3.63, 3.8) is 0 Å². The van der Waals surface area contributed by atoms with Gasteiger partial charge in [-0.25, -0.2) is 0 Å². The molecule has 30 heavy (non-hydrogen) atoms. The number of halogens is 8. The summed E-state index contributed by atoms with van der Waals surface area (Å²) in [6.07, 6.45) is -9.56. The number of piperazine rings is 1. The number of alkyl halides is 6. The van der Waals surface area contributed by atoms with Crippen molar-refractivity contribution in [1.82, 2.24) is 0 Å². The third-order valence-corrected chi connectivity index (χ3v) is 4.98. The minimum atomic E-state index is -4.78. The highest BCUT2D eigenvalue weighted by atomic mass is 35.5. The number of rotatable bonds is 2. The molecule has 0 radical (unpaired) electrons. The molecule has 1 aliphatic heterocycles. The smallest absolute Gasteiger partial charge is 0.301 e. The summed E-state index contributed by atoms with van der Waals surface area (Å²) in [5, 5.41) is -1.16. The van der Waals surface area contributed by atoms with Crippen LogP contribution in [-0.2, 0) is 21.9 Å². The number of carbonyl (C=O) groups is 2. The van der Waals surface area contributed by atoms with Crippen molar-refractivity contribution < 1.29 is 35.9 Å². The maximum absolute atomic E-state index is 13.1. The van der Waals surface area contributed by atoms with Crippen molar-refractivity contribution in [1.29, 1.82) is 0 Å². The molecule has 0 bridgehead atoms. The number of anilines is 2. The van der Waals surface area contributed by atoms with Gasteiger partial charge in [0.05, 0.1) is 21.2 Å². The van der Waals surface area contributed by atoms with E-state index in [9.17, 15) is 35.9 Å². The summed E-state index contributed by atoms with van der Waals surface area (Å²) in [6, 6.07) is 5.43. The fourth-order valence-corrected chi connectivity index (χ4v) is 3.33. The fourth-order valence-electron chi connectivity index (χ4n) is 2.88. The van der Waals surface area contributed by atoms with Crippen LogP contribution >= 0.6 is 23.2 Å². The van der Waals surface area contributed by atoms with Crippen molar-refractivity contribution in [2.75, 3.05) is 22.9 Å². The molecule has 1 heterocycles. The molecule has 3 rings (SSSR count). The van der Waals surface area contributed by atoms with E-state index in [4.69, 9.17) is 23.2 Å². The van der Waals surface area contributed by atoms with Crippen molar-refractivity contribution in [3.05, 3.63) is 57.6 Å². The van der Waals surface area contributed by atoms with E-state index in [1.165, 1.54) is 0 Å². The molecule has 1 fully saturated rings. The van der Waals surface area contributed by atoms with Crippen molar-refractivity contribution >= 4 is 46.4 Å². The van der Waals surface area contributed by atoms with Gasteiger partial charge < -0.3 is 9.80 Å². The lowest BCUT2D eigenvalue weighted by molar-refractivity contribution is -0.138. The Kier molecular flexibility index (Phi) is 5.68. The second-order valence-electron chi connectivity index (χ2n) is 6.28. The predicted molar refractivity (Wildman–Crippen MR) is 97.6 cm³/mol. The fraction of sp³-hybridized carbons (Fsp3) is 0.222. The van der Waals surface area contributed by atoms with Gasteiger partial charge in [0.2, 0.25) is 11.8 Å². The third kappa shape index (κ3) is 4.34. The molecule has 2 amide bonds. The first-order valence-corrected chi connectivity index (χ1v) is 8.89. The molecule has 160 valence electrons. The molecule has 0 atom stereocenters. The molecule has 0 saturated carbocycles. The van der Waals surface area contributed by atoms with Gasteiger partial charge in [0.15, 0.2) is 0 Å². The minimum Gasteiger partial charge on any atom is -0.301 e. The summed E-state index contributed by atoms with van der Waals surface area (Å²) >= 11 is 11.1. The Morgan fingerprint density at radius 2 is 1.00 bits per heavy atom. The second kappa shape index (κ2) is 7.66. The topological polar surface area (TPSA) is 40.6 Å². The zero-order valence-electron chi connectivity index (χ0n) is 14.6. The third-order valence-electron chi connectivity index (χ3n) is 4.32. The molecule has 4 nitrogen and oxygen atoms in total. The first kappa shape index (κ1) is 22.2. The summed E-state index contributed by atoms with van der Waals surface area (Å²) in [5.41, 5.74) is -2.79. The van der Waals surface area contributed by atoms with Crippen LogP contribution in [-0.4, -0.2) is 24.9 Å². The molecule has 0 aliphatic carbocycles. The summed E-state index contributed by atoms with van der Waals surface area (Å²) in [4.78, 5) is 26.6. The van der Waals surface area contributed by atoms with Crippen LogP contribution in [0, 0.1) is 0 Å². The molecular weight excluding hydrogens is 461 g/mol. The Morgan fingerprint density at radius 3 is 1.30 bits per heavy atom. The number of nitrogens with zero attached hydrogens (tertiary/aromatic N) is 2. The maximum Gasteiger partial charge on any atom is 0.417 e. The Bertz CT molecular complexity index is 941. The van der Waals surface area contributed by atoms with Crippen molar-refractivity contribution in [3.8, 4) is 0 Å². The van der Waals surface area contributed by atoms with Gasteiger partial charge >= 0.3 is 12.4 Å². The van der Waals surface area contributed by atoms with E-state index in [1.807, 2.05) is 0 Å². The average Bonchev–Trinajstić information content (AvgIpc) is 2.62. The molecule has 1 aliphatic rings. The molecule has 0 N–H and O–H groups in total. The van der Waals surface area contributed by atoms with Gasteiger partial charge in [-0.15, -0.1) is 0 Å². The molecule has 1 saturated heterocycles. The van der Waals surface area contributed by atoms with Crippen LogP contribution in [0.25, 0.3) is 0 Å². The lowest BCUT2D eigenvalue weighted by Crippen LogP contribution is -2.54. The van der Waals surface area contributed by atoms with Crippen LogP contribution in [0.4, 0.5) is 37.7 Å². The van der Waals surface area contributed by atoms with E-state index in [-0.39, 0.29) is 11.4 Å². The minimum absolute atomic E-state index is 0.211.